The molecule has 2 heterocycles. The molecule has 0 bridgehead atoms. The van der Waals surface area contributed by atoms with Crippen LogP contribution in [0.5, 0.6) is 5.75 Å². The third-order valence-corrected chi connectivity index (χ3v) is 5.36. The zero-order valence-electron chi connectivity index (χ0n) is 16.2. The maximum Gasteiger partial charge on any atom is 0.274 e. The van der Waals surface area contributed by atoms with Crippen LogP contribution in [0.15, 0.2) is 66.0 Å². The van der Waals surface area contributed by atoms with E-state index < -0.39 is 0 Å². The molecule has 7 heteroatoms. The first-order valence-corrected chi connectivity index (χ1v) is 10.8. The number of amides is 1. The normalized spacial score (nSPS) is 16.0. The van der Waals surface area contributed by atoms with Crippen LogP contribution in [-0.2, 0) is 4.74 Å². The zero-order chi connectivity index (χ0) is 20.1. The highest BCUT2D eigenvalue weighted by Gasteiger charge is 2.19. The van der Waals surface area contributed by atoms with Gasteiger partial charge >= 0.3 is 0 Å². The SMILES string of the molecule is CSc1ncc(C(=O)Nc2cccc(OCC3CCCO3)c2)n1-c1ccccc1. The summed E-state index contributed by atoms with van der Waals surface area (Å²) in [6.07, 6.45) is 5.80. The number of carbonyl (C=O) groups is 1. The maximum atomic E-state index is 13.0. The number of nitrogens with one attached hydrogen (secondary N) is 1. The molecule has 150 valence electrons. The largest absolute Gasteiger partial charge is 0.491 e. The van der Waals surface area contributed by atoms with Crippen LogP contribution in [0.4, 0.5) is 5.69 Å². The Labute approximate surface area is 174 Å². The Morgan fingerprint density at radius 3 is 2.90 bits per heavy atom. The van der Waals surface area contributed by atoms with E-state index in [-0.39, 0.29) is 12.0 Å². The minimum absolute atomic E-state index is 0.151. The molecular weight excluding hydrogens is 386 g/mol. The molecule has 1 atom stereocenters. The van der Waals surface area contributed by atoms with Gasteiger partial charge in [-0.1, -0.05) is 36.0 Å². The Hall–Kier alpha value is -2.77. The highest BCUT2D eigenvalue weighted by Crippen LogP contribution is 2.24. The first-order valence-electron chi connectivity index (χ1n) is 9.57. The number of nitrogens with zero attached hydrogens (tertiary/aromatic N) is 2. The van der Waals surface area contributed by atoms with Crippen LogP contribution in [-0.4, -0.2) is 41.0 Å². The molecule has 1 amide bonds. The second-order valence-corrected chi connectivity index (χ2v) is 7.50. The minimum Gasteiger partial charge on any atom is -0.491 e. The molecular formula is C22H23N3O3S. The first-order chi connectivity index (χ1) is 14.2. The second-order valence-electron chi connectivity index (χ2n) is 6.73. The highest BCUT2D eigenvalue weighted by atomic mass is 32.2. The van der Waals surface area contributed by atoms with Crippen LogP contribution in [0, 0.1) is 0 Å². The van der Waals surface area contributed by atoms with Gasteiger partial charge in [-0.15, -0.1) is 0 Å². The van der Waals surface area contributed by atoms with Crippen LogP contribution in [0.25, 0.3) is 5.69 Å². The highest BCUT2D eigenvalue weighted by molar-refractivity contribution is 7.98. The van der Waals surface area contributed by atoms with Crippen molar-refractivity contribution in [2.24, 2.45) is 0 Å². The zero-order valence-corrected chi connectivity index (χ0v) is 17.0. The summed E-state index contributed by atoms with van der Waals surface area (Å²) in [5.41, 5.74) is 2.05. The average molecular weight is 410 g/mol. The maximum absolute atomic E-state index is 13.0. The smallest absolute Gasteiger partial charge is 0.274 e. The van der Waals surface area contributed by atoms with Crippen molar-refractivity contribution in [3.8, 4) is 11.4 Å². The molecule has 1 saturated heterocycles. The van der Waals surface area contributed by atoms with E-state index in [0.717, 1.165) is 30.3 Å². The Balaban J connectivity index is 1.50. The van der Waals surface area contributed by atoms with E-state index in [1.807, 2.05) is 65.4 Å². The molecule has 29 heavy (non-hydrogen) atoms. The molecule has 1 aliphatic rings. The summed E-state index contributed by atoms with van der Waals surface area (Å²) < 4.78 is 13.3. The van der Waals surface area contributed by atoms with Crippen LogP contribution in [0.1, 0.15) is 23.3 Å². The van der Waals surface area contributed by atoms with E-state index >= 15 is 0 Å². The van der Waals surface area contributed by atoms with Gasteiger partial charge in [0, 0.05) is 24.0 Å². The van der Waals surface area contributed by atoms with Gasteiger partial charge in [0.2, 0.25) is 0 Å². The molecule has 6 nitrogen and oxygen atoms in total. The van der Waals surface area contributed by atoms with Gasteiger partial charge in [0.05, 0.1) is 12.3 Å². The molecule has 0 spiro atoms. The molecule has 4 rings (SSSR count). The number of para-hydroxylation sites is 1. The lowest BCUT2D eigenvalue weighted by molar-refractivity contribution is 0.0680. The molecule has 0 saturated carbocycles. The fraction of sp³-hybridized carbons (Fsp3) is 0.273. The Kier molecular flexibility index (Phi) is 6.17. The van der Waals surface area contributed by atoms with Gasteiger partial charge in [-0.05, 0) is 43.4 Å². The Bertz CT molecular complexity index is 968. The number of hydrogen-bond donors (Lipinski definition) is 1. The summed E-state index contributed by atoms with van der Waals surface area (Å²) in [5.74, 6) is 0.484. The van der Waals surface area contributed by atoms with Crippen molar-refractivity contribution in [1.82, 2.24) is 9.55 Å². The number of thioether (sulfide) groups is 1. The van der Waals surface area contributed by atoms with Gasteiger partial charge in [-0.2, -0.15) is 0 Å². The third-order valence-electron chi connectivity index (χ3n) is 4.71. The van der Waals surface area contributed by atoms with E-state index in [0.29, 0.717) is 23.7 Å². The fourth-order valence-corrected chi connectivity index (χ4v) is 3.83. The summed E-state index contributed by atoms with van der Waals surface area (Å²) in [6.45, 7) is 1.33. The fourth-order valence-electron chi connectivity index (χ4n) is 3.29. The first kappa shape index (κ1) is 19.5. The number of benzene rings is 2. The molecule has 1 aromatic heterocycles. The summed E-state index contributed by atoms with van der Waals surface area (Å²) >= 11 is 1.50. The molecule has 0 aliphatic carbocycles. The molecule has 1 fully saturated rings. The van der Waals surface area contributed by atoms with E-state index in [1.165, 1.54) is 11.8 Å². The van der Waals surface area contributed by atoms with Crippen LogP contribution in [0.3, 0.4) is 0 Å². The van der Waals surface area contributed by atoms with Crippen molar-refractivity contribution in [1.29, 1.82) is 0 Å². The number of ether oxygens (including phenoxy) is 2. The third kappa shape index (κ3) is 4.63. The van der Waals surface area contributed by atoms with Crippen molar-refractivity contribution < 1.29 is 14.3 Å². The molecule has 1 N–H and O–H groups in total. The van der Waals surface area contributed by atoms with Crippen LogP contribution < -0.4 is 10.1 Å². The number of aromatic nitrogens is 2. The second kappa shape index (κ2) is 9.15. The number of hydrogen-bond acceptors (Lipinski definition) is 5. The lowest BCUT2D eigenvalue weighted by Gasteiger charge is -2.13. The monoisotopic (exact) mass is 409 g/mol. The Morgan fingerprint density at radius 1 is 1.28 bits per heavy atom. The van der Waals surface area contributed by atoms with Gasteiger partial charge in [-0.3, -0.25) is 9.36 Å². The Morgan fingerprint density at radius 2 is 2.14 bits per heavy atom. The van der Waals surface area contributed by atoms with E-state index in [2.05, 4.69) is 10.3 Å². The van der Waals surface area contributed by atoms with Crippen molar-refractivity contribution in [3.05, 3.63) is 66.5 Å². The van der Waals surface area contributed by atoms with Crippen molar-refractivity contribution in [2.75, 3.05) is 24.8 Å². The molecule has 3 aromatic rings. The van der Waals surface area contributed by atoms with Gasteiger partial charge in [0.15, 0.2) is 5.16 Å². The number of carbonyl (C=O) groups excluding carboxylic acids is 1. The summed E-state index contributed by atoms with van der Waals surface area (Å²) in [4.78, 5) is 17.4. The summed E-state index contributed by atoms with van der Waals surface area (Å²) in [7, 11) is 0. The van der Waals surface area contributed by atoms with Gasteiger partial charge in [0.1, 0.15) is 18.1 Å². The van der Waals surface area contributed by atoms with Crippen molar-refractivity contribution >= 4 is 23.4 Å². The van der Waals surface area contributed by atoms with E-state index in [1.54, 1.807) is 6.20 Å². The predicted molar refractivity (Wildman–Crippen MR) is 114 cm³/mol. The molecule has 1 aliphatic heterocycles. The summed E-state index contributed by atoms with van der Waals surface area (Å²) in [5, 5.41) is 3.71. The van der Waals surface area contributed by atoms with Crippen molar-refractivity contribution in [3.63, 3.8) is 0 Å². The molecule has 1 unspecified atom stereocenters. The number of rotatable bonds is 7. The van der Waals surface area contributed by atoms with Gasteiger partial charge < -0.3 is 14.8 Å². The number of imidazole rings is 1. The molecule has 0 radical (unpaired) electrons. The van der Waals surface area contributed by atoms with Crippen LogP contribution >= 0.6 is 11.8 Å². The lowest BCUT2D eigenvalue weighted by Crippen LogP contribution is -2.17. The van der Waals surface area contributed by atoms with Crippen molar-refractivity contribution in [2.45, 2.75) is 24.1 Å². The van der Waals surface area contributed by atoms with Gasteiger partial charge in [-0.25, -0.2) is 4.98 Å². The molecule has 2 aromatic carbocycles. The van der Waals surface area contributed by atoms with Gasteiger partial charge in [0.25, 0.3) is 5.91 Å². The number of anilines is 1. The predicted octanol–water partition coefficient (Wildman–Crippen LogP) is 4.40. The average Bonchev–Trinajstić information content (AvgIpc) is 3.43. The quantitative estimate of drug-likeness (QED) is 0.586. The van der Waals surface area contributed by atoms with Crippen LogP contribution in [0.2, 0.25) is 0 Å². The van der Waals surface area contributed by atoms with E-state index in [4.69, 9.17) is 9.47 Å². The topological polar surface area (TPSA) is 65.4 Å². The summed E-state index contributed by atoms with van der Waals surface area (Å²) in [6, 6.07) is 17.1. The standard InChI is InChI=1S/C22H23N3O3S/c1-29-22-23-14-20(25(22)17-8-3-2-4-9-17)21(26)24-16-7-5-10-18(13-16)28-15-19-11-6-12-27-19/h2-5,7-10,13-14,19H,6,11-12,15H2,1H3,(H,24,26). The lowest BCUT2D eigenvalue weighted by atomic mass is 10.2. The van der Waals surface area contributed by atoms with E-state index in [9.17, 15) is 4.79 Å². The minimum atomic E-state index is -0.224.